The maximum Gasteiger partial charge on any atom is 0.312 e. The quantitative estimate of drug-likeness (QED) is 0.542. The fourth-order valence-corrected chi connectivity index (χ4v) is 1.98. The minimum absolute atomic E-state index is 0.0599. The molecule has 0 amide bonds. The molecule has 0 unspecified atom stereocenters. The molecule has 0 fully saturated rings. The summed E-state index contributed by atoms with van der Waals surface area (Å²) in [5.41, 5.74) is 0.631. The fraction of sp³-hybridized carbons (Fsp3) is 0. The number of hydrogen-bond acceptors (Lipinski definition) is 6. The van der Waals surface area contributed by atoms with Crippen LogP contribution in [-0.4, -0.2) is 19.9 Å². The lowest BCUT2D eigenvalue weighted by atomic mass is 10.2. The zero-order valence-electron chi connectivity index (χ0n) is 11.7. The number of nitro groups is 1. The highest BCUT2D eigenvalue weighted by molar-refractivity contribution is 5.53. The van der Waals surface area contributed by atoms with Gasteiger partial charge in [0.05, 0.1) is 34.6 Å². The molecule has 0 radical (unpaired) electrons. The Kier molecular flexibility index (Phi) is 3.68. The van der Waals surface area contributed by atoms with Crippen LogP contribution in [-0.2, 0) is 0 Å². The van der Waals surface area contributed by atoms with E-state index in [4.69, 9.17) is 10.00 Å². The Hall–Kier alpha value is -3.73. The number of nitro benzene ring substituents is 1. The van der Waals surface area contributed by atoms with Crippen LogP contribution in [0.4, 0.5) is 5.69 Å². The van der Waals surface area contributed by atoms with E-state index in [0.717, 1.165) is 0 Å². The number of nitriles is 1. The summed E-state index contributed by atoms with van der Waals surface area (Å²) in [5.74, 6) is 0.468. The standard InChI is InChI=1S/C15H9N5O3/c16-10-11-4-5-15(14(8-11)20(21)22)23-13-3-1-2-12(9-13)19-7-6-17-18-19/h1-9H. The lowest BCUT2D eigenvalue weighted by molar-refractivity contribution is -0.385. The molecule has 2 aromatic carbocycles. The molecule has 0 spiro atoms. The highest BCUT2D eigenvalue weighted by Crippen LogP contribution is 2.32. The van der Waals surface area contributed by atoms with E-state index in [1.54, 1.807) is 41.3 Å². The SMILES string of the molecule is N#Cc1ccc(Oc2cccc(-n3ccnn3)c2)c([N+](=O)[O-])c1. The number of hydrogen-bond donors (Lipinski definition) is 0. The summed E-state index contributed by atoms with van der Waals surface area (Å²) in [6, 6.07) is 12.8. The van der Waals surface area contributed by atoms with Gasteiger partial charge in [0.2, 0.25) is 5.75 Å². The molecule has 112 valence electrons. The Balaban J connectivity index is 1.95. The molecule has 1 heterocycles. The second-order valence-electron chi connectivity index (χ2n) is 4.50. The normalized spacial score (nSPS) is 10.0. The fourth-order valence-electron chi connectivity index (χ4n) is 1.98. The van der Waals surface area contributed by atoms with Gasteiger partial charge in [-0.2, -0.15) is 5.26 Å². The molecule has 8 nitrogen and oxygen atoms in total. The summed E-state index contributed by atoms with van der Waals surface area (Å²) in [6.45, 7) is 0. The molecule has 0 aliphatic rings. The minimum atomic E-state index is -0.586. The van der Waals surface area contributed by atoms with Crippen molar-refractivity contribution in [3.8, 4) is 23.3 Å². The largest absolute Gasteiger partial charge is 0.450 e. The van der Waals surface area contributed by atoms with E-state index in [1.807, 2.05) is 6.07 Å². The van der Waals surface area contributed by atoms with Crippen molar-refractivity contribution < 1.29 is 9.66 Å². The molecular weight excluding hydrogens is 298 g/mol. The van der Waals surface area contributed by atoms with E-state index in [2.05, 4.69) is 10.3 Å². The second-order valence-corrected chi connectivity index (χ2v) is 4.50. The Morgan fingerprint density at radius 1 is 1.26 bits per heavy atom. The lowest BCUT2D eigenvalue weighted by Gasteiger charge is -2.08. The Morgan fingerprint density at radius 3 is 2.83 bits per heavy atom. The Morgan fingerprint density at radius 2 is 2.13 bits per heavy atom. The summed E-state index contributed by atoms with van der Waals surface area (Å²) in [6.07, 6.45) is 3.21. The van der Waals surface area contributed by atoms with Crippen molar-refractivity contribution in [2.24, 2.45) is 0 Å². The average Bonchev–Trinajstić information content (AvgIpc) is 3.10. The van der Waals surface area contributed by atoms with Gasteiger partial charge >= 0.3 is 5.69 Å². The van der Waals surface area contributed by atoms with Crippen molar-refractivity contribution in [1.29, 1.82) is 5.26 Å². The van der Waals surface area contributed by atoms with Gasteiger partial charge < -0.3 is 4.74 Å². The number of benzene rings is 2. The zero-order valence-corrected chi connectivity index (χ0v) is 11.7. The summed E-state index contributed by atoms with van der Waals surface area (Å²) in [5, 5.41) is 27.6. The third-order valence-electron chi connectivity index (χ3n) is 3.02. The van der Waals surface area contributed by atoms with Crippen LogP contribution in [0.5, 0.6) is 11.5 Å². The molecule has 0 aliphatic carbocycles. The number of nitrogens with zero attached hydrogens (tertiary/aromatic N) is 5. The van der Waals surface area contributed by atoms with Crippen molar-refractivity contribution >= 4 is 5.69 Å². The zero-order chi connectivity index (χ0) is 16.2. The van der Waals surface area contributed by atoms with Crippen LogP contribution in [0.15, 0.2) is 54.9 Å². The van der Waals surface area contributed by atoms with Gasteiger partial charge in [-0.05, 0) is 24.3 Å². The molecule has 8 heteroatoms. The van der Waals surface area contributed by atoms with E-state index < -0.39 is 4.92 Å². The van der Waals surface area contributed by atoms with Gasteiger partial charge in [0.25, 0.3) is 0 Å². The van der Waals surface area contributed by atoms with Gasteiger partial charge in [0.1, 0.15) is 5.75 Å². The van der Waals surface area contributed by atoms with Crippen LogP contribution in [0.3, 0.4) is 0 Å². The van der Waals surface area contributed by atoms with E-state index >= 15 is 0 Å². The van der Waals surface area contributed by atoms with Gasteiger partial charge in [-0.25, -0.2) is 4.68 Å². The predicted molar refractivity (Wildman–Crippen MR) is 79.2 cm³/mol. The van der Waals surface area contributed by atoms with Crippen LogP contribution in [0.2, 0.25) is 0 Å². The molecule has 1 aromatic heterocycles. The minimum Gasteiger partial charge on any atom is -0.450 e. The van der Waals surface area contributed by atoms with Gasteiger partial charge in [-0.1, -0.05) is 11.3 Å². The summed E-state index contributed by atoms with van der Waals surface area (Å²) < 4.78 is 7.14. The first kappa shape index (κ1) is 14.2. The van der Waals surface area contributed by atoms with Gasteiger partial charge in [0.15, 0.2) is 0 Å². The molecule has 23 heavy (non-hydrogen) atoms. The van der Waals surface area contributed by atoms with Gasteiger partial charge in [0, 0.05) is 12.1 Å². The average molecular weight is 307 g/mol. The third-order valence-corrected chi connectivity index (χ3v) is 3.02. The smallest absolute Gasteiger partial charge is 0.312 e. The van der Waals surface area contributed by atoms with Crippen LogP contribution >= 0.6 is 0 Å². The molecule has 3 aromatic rings. The number of aromatic nitrogens is 3. The predicted octanol–water partition coefficient (Wildman–Crippen LogP) is 2.84. The Labute approximate surface area is 130 Å². The van der Waals surface area contributed by atoms with Crippen molar-refractivity contribution in [2.75, 3.05) is 0 Å². The van der Waals surface area contributed by atoms with Crippen molar-refractivity contribution in [3.05, 3.63) is 70.5 Å². The van der Waals surface area contributed by atoms with Gasteiger partial charge in [-0.3, -0.25) is 10.1 Å². The van der Waals surface area contributed by atoms with Crippen LogP contribution < -0.4 is 4.74 Å². The summed E-state index contributed by atoms with van der Waals surface area (Å²) >= 11 is 0. The van der Waals surface area contributed by atoms with E-state index in [1.165, 1.54) is 18.2 Å². The monoisotopic (exact) mass is 307 g/mol. The first-order valence-corrected chi connectivity index (χ1v) is 6.50. The van der Waals surface area contributed by atoms with Crippen molar-refractivity contribution in [1.82, 2.24) is 15.0 Å². The topological polar surface area (TPSA) is 107 Å². The molecule has 0 saturated heterocycles. The lowest BCUT2D eigenvalue weighted by Crippen LogP contribution is -1.97. The van der Waals surface area contributed by atoms with Crippen LogP contribution in [0.25, 0.3) is 5.69 Å². The maximum absolute atomic E-state index is 11.1. The molecule has 0 bridgehead atoms. The van der Waals surface area contributed by atoms with E-state index in [0.29, 0.717) is 11.4 Å². The second kappa shape index (κ2) is 5.95. The molecule has 3 rings (SSSR count). The maximum atomic E-state index is 11.1. The molecular formula is C15H9N5O3. The first-order chi connectivity index (χ1) is 11.2. The Bertz CT molecular complexity index is 900. The van der Waals surface area contributed by atoms with E-state index in [-0.39, 0.29) is 17.0 Å². The molecule has 0 saturated carbocycles. The highest BCUT2D eigenvalue weighted by Gasteiger charge is 2.17. The van der Waals surface area contributed by atoms with E-state index in [9.17, 15) is 10.1 Å². The van der Waals surface area contributed by atoms with Crippen molar-refractivity contribution in [3.63, 3.8) is 0 Å². The number of ether oxygens (including phenoxy) is 1. The molecule has 0 aliphatic heterocycles. The van der Waals surface area contributed by atoms with Gasteiger partial charge in [-0.15, -0.1) is 5.10 Å². The number of rotatable bonds is 4. The van der Waals surface area contributed by atoms with Crippen LogP contribution in [0, 0.1) is 21.4 Å². The third kappa shape index (κ3) is 2.98. The van der Waals surface area contributed by atoms with Crippen molar-refractivity contribution in [2.45, 2.75) is 0 Å². The van der Waals surface area contributed by atoms with Crippen LogP contribution in [0.1, 0.15) is 5.56 Å². The molecule has 0 N–H and O–H groups in total. The summed E-state index contributed by atoms with van der Waals surface area (Å²) in [4.78, 5) is 10.5. The molecule has 0 atom stereocenters. The highest BCUT2D eigenvalue weighted by atomic mass is 16.6. The first-order valence-electron chi connectivity index (χ1n) is 6.50. The summed E-state index contributed by atoms with van der Waals surface area (Å²) in [7, 11) is 0.